The van der Waals surface area contributed by atoms with E-state index in [0.717, 1.165) is 17.5 Å². The van der Waals surface area contributed by atoms with E-state index >= 15 is 0 Å². The van der Waals surface area contributed by atoms with Crippen LogP contribution in [0.5, 0.6) is 5.75 Å². The first-order valence-corrected chi connectivity index (χ1v) is 8.23. The number of rotatable bonds is 3. The van der Waals surface area contributed by atoms with Crippen molar-refractivity contribution in [2.45, 2.75) is 25.6 Å². The highest BCUT2D eigenvalue weighted by atomic mass is 32.2. The van der Waals surface area contributed by atoms with Gasteiger partial charge in [0.05, 0.1) is 5.41 Å². The molecule has 0 spiro atoms. The summed E-state index contributed by atoms with van der Waals surface area (Å²) in [5, 5.41) is 0. The van der Waals surface area contributed by atoms with Crippen LogP contribution in [0.4, 0.5) is 10.5 Å². The van der Waals surface area contributed by atoms with E-state index in [4.69, 9.17) is 14.0 Å². The van der Waals surface area contributed by atoms with Gasteiger partial charge in [0.25, 0.3) is 0 Å². The fraction of sp³-hybridized carbons (Fsp3) is 0.500. The summed E-state index contributed by atoms with van der Waals surface area (Å²) in [6.07, 6.45) is -0.450. The van der Waals surface area contributed by atoms with Crippen LogP contribution in [0.15, 0.2) is 18.2 Å². The molecular formula is C14H20N2O6S. The molecule has 1 aliphatic rings. The molecule has 0 radical (unpaired) electrons. The summed E-state index contributed by atoms with van der Waals surface area (Å²) in [5.41, 5.74) is 0.882. The molecule has 0 aromatic heterocycles. The molecule has 0 bridgehead atoms. The Balaban J connectivity index is 2.36. The molecule has 8 nitrogen and oxygen atoms in total. The van der Waals surface area contributed by atoms with E-state index < -0.39 is 28.0 Å². The third-order valence-electron chi connectivity index (χ3n) is 3.98. The Labute approximate surface area is 135 Å². The fourth-order valence-corrected chi connectivity index (χ4v) is 2.81. The zero-order valence-electron chi connectivity index (χ0n) is 13.6. The van der Waals surface area contributed by atoms with Gasteiger partial charge in [-0.25, -0.2) is 9.10 Å². The monoisotopic (exact) mass is 344 g/mol. The van der Waals surface area contributed by atoms with Gasteiger partial charge in [0, 0.05) is 32.5 Å². The average Bonchev–Trinajstić information content (AvgIpc) is 2.74. The zero-order chi connectivity index (χ0) is 17.6. The number of carbonyl (C=O) groups is 1. The van der Waals surface area contributed by atoms with Gasteiger partial charge in [0.2, 0.25) is 6.29 Å². The molecule has 1 heterocycles. The van der Waals surface area contributed by atoms with Gasteiger partial charge in [-0.1, -0.05) is 0 Å². The summed E-state index contributed by atoms with van der Waals surface area (Å²) < 4.78 is 42.4. The molecule has 9 heteroatoms. The summed E-state index contributed by atoms with van der Waals surface area (Å²) in [5.74, 6) is 0.648. The highest BCUT2D eigenvalue weighted by Crippen LogP contribution is 2.44. The van der Waals surface area contributed by atoms with Crippen LogP contribution in [0.1, 0.15) is 19.4 Å². The predicted molar refractivity (Wildman–Crippen MR) is 84.0 cm³/mol. The molecule has 0 fully saturated rings. The Kier molecular flexibility index (Phi) is 4.31. The highest BCUT2D eigenvalue weighted by Gasteiger charge is 2.42. The van der Waals surface area contributed by atoms with Crippen LogP contribution in [0.3, 0.4) is 0 Å². The van der Waals surface area contributed by atoms with Crippen molar-refractivity contribution in [2.75, 3.05) is 26.1 Å². The largest absolute Gasteiger partial charge is 0.464 e. The maximum atomic E-state index is 12.1. The molecule has 2 amide bonds. The number of ether oxygens (including phenoxy) is 2. The van der Waals surface area contributed by atoms with Crippen molar-refractivity contribution >= 4 is 22.0 Å². The van der Waals surface area contributed by atoms with Crippen molar-refractivity contribution in [1.29, 1.82) is 0 Å². The molecule has 0 saturated carbocycles. The van der Waals surface area contributed by atoms with Gasteiger partial charge in [-0.05, 0) is 32.0 Å². The zero-order valence-corrected chi connectivity index (χ0v) is 14.4. The number of fused-ring (bicyclic) bond motifs is 1. The SMILES string of the molecule is COC1Oc2ccc(N(C)C(=O)N(C)S(=O)(=O)O)cc2C1(C)C. The number of nitrogens with zero attached hydrogens (tertiary/aromatic N) is 2. The van der Waals surface area contributed by atoms with E-state index in [1.165, 1.54) is 7.05 Å². The van der Waals surface area contributed by atoms with Crippen LogP contribution in [0.25, 0.3) is 0 Å². The van der Waals surface area contributed by atoms with E-state index in [9.17, 15) is 13.2 Å². The maximum Gasteiger partial charge on any atom is 0.363 e. The third-order valence-corrected chi connectivity index (χ3v) is 4.83. The molecular weight excluding hydrogens is 324 g/mol. The van der Waals surface area contributed by atoms with E-state index in [0.29, 0.717) is 11.4 Å². The van der Waals surface area contributed by atoms with Gasteiger partial charge in [-0.3, -0.25) is 9.45 Å². The Bertz CT molecular complexity index is 731. The minimum Gasteiger partial charge on any atom is -0.464 e. The van der Waals surface area contributed by atoms with Crippen molar-refractivity contribution in [1.82, 2.24) is 4.31 Å². The van der Waals surface area contributed by atoms with Gasteiger partial charge >= 0.3 is 16.3 Å². The first kappa shape index (κ1) is 17.5. The topological polar surface area (TPSA) is 96.4 Å². The van der Waals surface area contributed by atoms with Crippen LogP contribution in [-0.2, 0) is 20.5 Å². The minimum absolute atomic E-state index is 0.264. The van der Waals surface area contributed by atoms with Gasteiger partial charge in [-0.2, -0.15) is 8.42 Å². The van der Waals surface area contributed by atoms with Crippen LogP contribution < -0.4 is 9.64 Å². The second-order valence-corrected chi connectivity index (χ2v) is 7.32. The van der Waals surface area contributed by atoms with Gasteiger partial charge in [-0.15, -0.1) is 0 Å². The predicted octanol–water partition coefficient (Wildman–Crippen LogP) is 1.62. The Morgan fingerprint density at radius 1 is 1.35 bits per heavy atom. The van der Waals surface area contributed by atoms with Crippen molar-refractivity contribution < 1.29 is 27.2 Å². The van der Waals surface area contributed by atoms with Crippen molar-refractivity contribution in [2.24, 2.45) is 0 Å². The quantitative estimate of drug-likeness (QED) is 0.837. The molecule has 1 unspecified atom stereocenters. The highest BCUT2D eigenvalue weighted by molar-refractivity contribution is 7.83. The molecule has 2 rings (SSSR count). The molecule has 0 saturated heterocycles. The first-order valence-electron chi connectivity index (χ1n) is 6.83. The van der Waals surface area contributed by atoms with E-state index in [-0.39, 0.29) is 4.31 Å². The molecule has 23 heavy (non-hydrogen) atoms. The molecule has 128 valence electrons. The molecule has 1 aromatic rings. The van der Waals surface area contributed by atoms with Crippen molar-refractivity contribution in [3.05, 3.63) is 23.8 Å². The maximum absolute atomic E-state index is 12.1. The first-order chi connectivity index (χ1) is 10.5. The average molecular weight is 344 g/mol. The van der Waals surface area contributed by atoms with Crippen LogP contribution in [-0.4, -0.2) is 50.8 Å². The Morgan fingerprint density at radius 3 is 2.48 bits per heavy atom. The lowest BCUT2D eigenvalue weighted by Crippen LogP contribution is -2.42. The number of hydrogen-bond donors (Lipinski definition) is 1. The van der Waals surface area contributed by atoms with E-state index in [1.807, 2.05) is 13.8 Å². The van der Waals surface area contributed by atoms with E-state index in [1.54, 1.807) is 25.3 Å². The normalized spacial score (nSPS) is 19.0. The number of anilines is 1. The molecule has 1 atom stereocenters. The third kappa shape index (κ3) is 2.99. The number of hydrogen-bond acceptors (Lipinski definition) is 5. The van der Waals surface area contributed by atoms with Gasteiger partial charge in [0.15, 0.2) is 0 Å². The Morgan fingerprint density at radius 2 is 1.96 bits per heavy atom. The van der Waals surface area contributed by atoms with Crippen LogP contribution in [0, 0.1) is 0 Å². The summed E-state index contributed by atoms with van der Waals surface area (Å²) in [4.78, 5) is 13.3. The van der Waals surface area contributed by atoms with Crippen molar-refractivity contribution in [3.8, 4) is 5.75 Å². The minimum atomic E-state index is -4.60. The lowest BCUT2D eigenvalue weighted by atomic mass is 9.85. The Hall–Kier alpha value is -1.84. The van der Waals surface area contributed by atoms with E-state index in [2.05, 4.69) is 0 Å². The fourth-order valence-electron chi connectivity index (χ4n) is 2.49. The second-order valence-electron chi connectivity index (χ2n) is 5.87. The smallest absolute Gasteiger partial charge is 0.363 e. The molecule has 0 aliphatic carbocycles. The second kappa shape index (κ2) is 5.66. The van der Waals surface area contributed by atoms with Gasteiger partial charge < -0.3 is 9.47 Å². The lowest BCUT2D eigenvalue weighted by molar-refractivity contribution is -0.0779. The number of carbonyl (C=O) groups excluding carboxylic acids is 1. The van der Waals surface area contributed by atoms with Crippen LogP contribution >= 0.6 is 0 Å². The standard InChI is InChI=1S/C14H20N2O6S/c1-14(2)10-8-9(6-7-11(10)22-12(14)21-5)15(3)13(17)16(4)23(18,19)20/h6-8,12H,1-5H3,(H,18,19,20). The number of amides is 2. The number of benzene rings is 1. The summed E-state index contributed by atoms with van der Waals surface area (Å²) >= 11 is 0. The number of urea groups is 1. The summed E-state index contributed by atoms with van der Waals surface area (Å²) in [6, 6.07) is 4.18. The lowest BCUT2D eigenvalue weighted by Gasteiger charge is -2.25. The van der Waals surface area contributed by atoms with Crippen LogP contribution in [0.2, 0.25) is 0 Å². The molecule has 1 aliphatic heterocycles. The molecule has 1 N–H and O–H groups in total. The van der Waals surface area contributed by atoms with Gasteiger partial charge in [0.1, 0.15) is 5.75 Å². The van der Waals surface area contributed by atoms with Crippen molar-refractivity contribution in [3.63, 3.8) is 0 Å². The number of methoxy groups -OCH3 is 1. The summed E-state index contributed by atoms with van der Waals surface area (Å²) in [6.45, 7) is 3.89. The molecule has 1 aromatic carbocycles. The summed E-state index contributed by atoms with van der Waals surface area (Å²) in [7, 11) is -0.653.